The molecule has 0 saturated carbocycles. The van der Waals surface area contributed by atoms with Gasteiger partial charge in [-0.05, 0) is 68.1 Å². The molecule has 0 spiro atoms. The van der Waals surface area contributed by atoms with Gasteiger partial charge in [-0.2, -0.15) is 0 Å². The number of hydrogen-bond donors (Lipinski definition) is 0. The Morgan fingerprint density at radius 2 is 0.811 bits per heavy atom. The largest absolute Gasteiger partial charge is 0.269 e. The standard InChI is InChI=1S/C30H24N2O4Si/c1-37(2)29(23-13-17-25(18-14-23)31(33)34)27(21-9-5-3-6-10-21)28(22-11-7-4-8-12-22)30(37)24-15-19-26(20-16-24)32(35)36/h3-20H,1-2H3. The molecule has 0 unspecified atom stereocenters. The highest BCUT2D eigenvalue weighted by molar-refractivity contribution is 7.13. The van der Waals surface area contributed by atoms with Crippen molar-refractivity contribution in [2.24, 2.45) is 0 Å². The quantitative estimate of drug-likeness (QED) is 0.152. The molecule has 7 heteroatoms. The van der Waals surface area contributed by atoms with Crippen LogP contribution in [0.15, 0.2) is 109 Å². The van der Waals surface area contributed by atoms with Crippen molar-refractivity contribution in [1.29, 1.82) is 0 Å². The van der Waals surface area contributed by atoms with E-state index in [2.05, 4.69) is 37.4 Å². The van der Waals surface area contributed by atoms with E-state index in [9.17, 15) is 20.2 Å². The molecular formula is C30H24N2O4Si. The third-order valence-electron chi connectivity index (χ3n) is 6.86. The summed E-state index contributed by atoms with van der Waals surface area (Å²) in [5, 5.41) is 25.0. The van der Waals surface area contributed by atoms with E-state index in [1.54, 1.807) is 24.3 Å². The second-order valence-corrected chi connectivity index (χ2v) is 13.7. The van der Waals surface area contributed by atoms with Gasteiger partial charge in [0.2, 0.25) is 0 Å². The van der Waals surface area contributed by atoms with Crippen LogP contribution in [0.5, 0.6) is 0 Å². The highest BCUT2D eigenvalue weighted by Crippen LogP contribution is 2.55. The zero-order valence-electron chi connectivity index (χ0n) is 20.4. The molecule has 1 heterocycles. The monoisotopic (exact) mass is 504 g/mol. The van der Waals surface area contributed by atoms with E-state index in [1.165, 1.54) is 10.4 Å². The Labute approximate surface area is 215 Å². The van der Waals surface area contributed by atoms with E-state index in [4.69, 9.17) is 0 Å². The van der Waals surface area contributed by atoms with Gasteiger partial charge in [-0.15, -0.1) is 0 Å². The van der Waals surface area contributed by atoms with Crippen LogP contribution in [0, 0.1) is 20.2 Å². The summed E-state index contributed by atoms with van der Waals surface area (Å²) in [6, 6.07) is 34.0. The molecule has 0 aliphatic carbocycles. The van der Waals surface area contributed by atoms with Crippen LogP contribution in [0.2, 0.25) is 13.1 Å². The van der Waals surface area contributed by atoms with Gasteiger partial charge in [0.05, 0.1) is 9.85 Å². The van der Waals surface area contributed by atoms with E-state index >= 15 is 0 Å². The molecule has 182 valence electrons. The summed E-state index contributed by atoms with van der Waals surface area (Å²) in [6.07, 6.45) is 0. The molecule has 0 N–H and O–H groups in total. The molecule has 37 heavy (non-hydrogen) atoms. The first-order valence-electron chi connectivity index (χ1n) is 11.9. The van der Waals surface area contributed by atoms with Crippen LogP contribution in [0.25, 0.3) is 21.5 Å². The highest BCUT2D eigenvalue weighted by atomic mass is 28.3. The molecule has 5 rings (SSSR count). The number of benzene rings is 4. The van der Waals surface area contributed by atoms with E-state index in [-0.39, 0.29) is 21.2 Å². The minimum atomic E-state index is -2.44. The van der Waals surface area contributed by atoms with E-state index in [0.29, 0.717) is 0 Å². The second-order valence-electron chi connectivity index (χ2n) is 9.47. The molecule has 1 aliphatic rings. The van der Waals surface area contributed by atoms with Gasteiger partial charge in [0, 0.05) is 24.3 Å². The number of hydrogen-bond acceptors (Lipinski definition) is 4. The zero-order valence-corrected chi connectivity index (χ0v) is 21.4. The molecule has 1 aliphatic heterocycles. The van der Waals surface area contributed by atoms with Crippen LogP contribution in [0.4, 0.5) is 11.4 Å². The molecule has 0 radical (unpaired) electrons. The summed E-state index contributed by atoms with van der Waals surface area (Å²) in [7, 11) is -2.44. The number of rotatable bonds is 6. The van der Waals surface area contributed by atoms with Crippen molar-refractivity contribution in [2.45, 2.75) is 13.1 Å². The van der Waals surface area contributed by atoms with Crippen molar-refractivity contribution in [3.8, 4) is 0 Å². The maximum atomic E-state index is 11.3. The number of nitro groups is 2. The number of nitro benzene ring substituents is 2. The van der Waals surface area contributed by atoms with Gasteiger partial charge < -0.3 is 0 Å². The van der Waals surface area contributed by atoms with Crippen LogP contribution in [0.1, 0.15) is 22.3 Å². The van der Waals surface area contributed by atoms with Gasteiger partial charge in [-0.1, -0.05) is 73.8 Å². The summed E-state index contributed by atoms with van der Waals surface area (Å²) >= 11 is 0. The third kappa shape index (κ3) is 4.30. The fourth-order valence-corrected chi connectivity index (χ4v) is 9.11. The Kier molecular flexibility index (Phi) is 6.15. The van der Waals surface area contributed by atoms with Crippen LogP contribution in [0.3, 0.4) is 0 Å². The second kappa shape index (κ2) is 9.44. The van der Waals surface area contributed by atoms with Crippen LogP contribution < -0.4 is 0 Å². The van der Waals surface area contributed by atoms with Crippen molar-refractivity contribution in [3.63, 3.8) is 0 Å². The maximum absolute atomic E-state index is 11.3. The summed E-state index contributed by atoms with van der Waals surface area (Å²) < 4.78 is 0. The van der Waals surface area contributed by atoms with Gasteiger partial charge >= 0.3 is 0 Å². The first kappa shape index (κ1) is 24.1. The van der Waals surface area contributed by atoms with Crippen LogP contribution in [-0.2, 0) is 0 Å². The lowest BCUT2D eigenvalue weighted by molar-refractivity contribution is -0.385. The fraction of sp³-hybridized carbons (Fsp3) is 0.0667. The maximum Gasteiger partial charge on any atom is 0.269 e. The summed E-state index contributed by atoms with van der Waals surface area (Å²) in [5.41, 5.74) is 6.33. The number of nitrogens with zero attached hydrogens (tertiary/aromatic N) is 2. The lowest BCUT2D eigenvalue weighted by atomic mass is 9.89. The summed E-state index contributed by atoms with van der Waals surface area (Å²) in [4.78, 5) is 21.9. The Bertz CT molecular complexity index is 1440. The predicted molar refractivity (Wildman–Crippen MR) is 150 cm³/mol. The number of allylic oxidation sites excluding steroid dienone is 2. The lowest BCUT2D eigenvalue weighted by Gasteiger charge is -2.26. The lowest BCUT2D eigenvalue weighted by Crippen LogP contribution is -2.28. The Morgan fingerprint density at radius 1 is 0.486 bits per heavy atom. The normalized spacial score (nSPS) is 14.6. The van der Waals surface area contributed by atoms with Crippen LogP contribution in [-0.4, -0.2) is 17.9 Å². The Morgan fingerprint density at radius 3 is 1.11 bits per heavy atom. The zero-order chi connectivity index (χ0) is 26.2. The molecular weight excluding hydrogens is 480 g/mol. The van der Waals surface area contributed by atoms with Gasteiger partial charge in [-0.3, -0.25) is 20.2 Å². The van der Waals surface area contributed by atoms with Gasteiger partial charge in [0.15, 0.2) is 0 Å². The average molecular weight is 505 g/mol. The van der Waals surface area contributed by atoms with Crippen LogP contribution >= 0.6 is 0 Å². The molecule has 0 saturated heterocycles. The molecule has 0 amide bonds. The van der Waals surface area contributed by atoms with Gasteiger partial charge in [0.25, 0.3) is 11.4 Å². The first-order valence-corrected chi connectivity index (χ1v) is 14.9. The summed E-state index contributed by atoms with van der Waals surface area (Å²) in [5.74, 6) is 0. The minimum Gasteiger partial charge on any atom is -0.258 e. The van der Waals surface area contributed by atoms with Gasteiger partial charge in [0.1, 0.15) is 8.07 Å². The van der Waals surface area contributed by atoms with Crippen molar-refractivity contribution in [1.82, 2.24) is 0 Å². The molecule has 0 fully saturated rings. The van der Waals surface area contributed by atoms with Gasteiger partial charge in [-0.25, -0.2) is 0 Å². The Hall–Kier alpha value is -4.62. The van der Waals surface area contributed by atoms with Crippen molar-refractivity contribution in [3.05, 3.63) is 152 Å². The van der Waals surface area contributed by atoms with E-state index in [1.807, 2.05) is 60.7 Å². The molecule has 0 aromatic heterocycles. The topological polar surface area (TPSA) is 86.3 Å². The smallest absolute Gasteiger partial charge is 0.258 e. The molecule has 4 aromatic carbocycles. The van der Waals surface area contributed by atoms with Crippen molar-refractivity contribution < 1.29 is 9.85 Å². The predicted octanol–water partition coefficient (Wildman–Crippen LogP) is 7.83. The SMILES string of the molecule is C[Si]1(C)C(c2ccc([N+](=O)[O-])cc2)=C(c2ccccc2)C(c2ccccc2)=C1c1ccc([N+](=O)[O-])cc1. The highest BCUT2D eigenvalue weighted by Gasteiger charge is 2.43. The molecule has 6 nitrogen and oxygen atoms in total. The molecule has 0 atom stereocenters. The molecule has 0 bridgehead atoms. The van der Waals surface area contributed by atoms with E-state index in [0.717, 1.165) is 33.4 Å². The molecule has 4 aromatic rings. The average Bonchev–Trinajstić information content (AvgIpc) is 3.16. The fourth-order valence-electron chi connectivity index (χ4n) is 5.30. The third-order valence-corrected chi connectivity index (χ3v) is 10.4. The number of non-ortho nitro benzene ring substituents is 2. The van der Waals surface area contributed by atoms with Crippen molar-refractivity contribution in [2.75, 3.05) is 0 Å². The minimum absolute atomic E-state index is 0.0508. The Balaban J connectivity index is 1.85. The first-order chi connectivity index (χ1) is 17.8. The summed E-state index contributed by atoms with van der Waals surface area (Å²) in [6.45, 7) is 4.55. The van der Waals surface area contributed by atoms with E-state index < -0.39 is 8.07 Å². The van der Waals surface area contributed by atoms with Crippen molar-refractivity contribution >= 4 is 41.0 Å².